The summed E-state index contributed by atoms with van der Waals surface area (Å²) >= 11 is 0. The zero-order valence-corrected chi connectivity index (χ0v) is 9.80. The molecule has 18 heavy (non-hydrogen) atoms. The number of aromatic nitrogens is 1. The maximum absolute atomic E-state index is 11.7. The zero-order chi connectivity index (χ0) is 12.8. The Balaban J connectivity index is 1.82. The second kappa shape index (κ2) is 6.23. The van der Waals surface area contributed by atoms with Crippen LogP contribution in [0.3, 0.4) is 0 Å². The van der Waals surface area contributed by atoms with Gasteiger partial charge in [0.25, 0.3) is 11.7 Å². The van der Waals surface area contributed by atoms with E-state index in [1.165, 1.54) is 6.20 Å². The number of ketones is 1. The standard InChI is InChI=1S/C12H14N2O4/c15-11(9-2-1-3-13-6-9)12(16)14-7-10-8-17-4-5-18-10/h1-3,6,10H,4-5,7-8H2,(H,14,16)/t10-/m1/s1. The summed E-state index contributed by atoms with van der Waals surface area (Å²) in [4.78, 5) is 27.1. The van der Waals surface area contributed by atoms with Gasteiger partial charge >= 0.3 is 0 Å². The van der Waals surface area contributed by atoms with Gasteiger partial charge in [0.05, 0.1) is 25.9 Å². The Kier molecular flexibility index (Phi) is 4.38. The van der Waals surface area contributed by atoms with Crippen molar-refractivity contribution in [1.82, 2.24) is 10.3 Å². The topological polar surface area (TPSA) is 77.5 Å². The van der Waals surface area contributed by atoms with Crippen molar-refractivity contribution in [3.63, 3.8) is 0 Å². The minimum absolute atomic E-state index is 0.190. The first-order chi connectivity index (χ1) is 8.77. The van der Waals surface area contributed by atoms with Gasteiger partial charge in [0, 0.05) is 24.5 Å². The molecule has 1 atom stereocenters. The molecule has 0 bridgehead atoms. The lowest BCUT2D eigenvalue weighted by molar-refractivity contribution is -0.120. The van der Waals surface area contributed by atoms with Crippen LogP contribution in [0.25, 0.3) is 0 Å². The van der Waals surface area contributed by atoms with E-state index in [1.807, 2.05) is 0 Å². The van der Waals surface area contributed by atoms with Crippen LogP contribution in [0.15, 0.2) is 24.5 Å². The largest absolute Gasteiger partial charge is 0.376 e. The van der Waals surface area contributed by atoms with Gasteiger partial charge < -0.3 is 14.8 Å². The molecule has 1 aliphatic rings. The number of pyridine rings is 1. The SMILES string of the molecule is O=C(NC[C@@H]1COCCO1)C(=O)c1cccnc1. The van der Waals surface area contributed by atoms with Crippen molar-refractivity contribution in [3.05, 3.63) is 30.1 Å². The summed E-state index contributed by atoms with van der Waals surface area (Å²) < 4.78 is 10.5. The molecule has 1 aromatic heterocycles. The minimum Gasteiger partial charge on any atom is -0.376 e. The molecule has 1 saturated heterocycles. The van der Waals surface area contributed by atoms with Crippen molar-refractivity contribution in [2.75, 3.05) is 26.4 Å². The third kappa shape index (κ3) is 3.35. The van der Waals surface area contributed by atoms with E-state index in [-0.39, 0.29) is 18.2 Å². The first-order valence-electron chi connectivity index (χ1n) is 5.69. The fraction of sp³-hybridized carbons (Fsp3) is 0.417. The number of Topliss-reactive ketones (excluding diaryl/α,β-unsaturated/α-hetero) is 1. The highest BCUT2D eigenvalue weighted by atomic mass is 16.6. The van der Waals surface area contributed by atoms with Crippen LogP contribution < -0.4 is 5.32 Å². The van der Waals surface area contributed by atoms with E-state index in [2.05, 4.69) is 10.3 Å². The van der Waals surface area contributed by atoms with Crippen LogP contribution in [0.2, 0.25) is 0 Å². The normalized spacial score (nSPS) is 19.2. The van der Waals surface area contributed by atoms with Crippen molar-refractivity contribution in [2.45, 2.75) is 6.10 Å². The van der Waals surface area contributed by atoms with Gasteiger partial charge in [-0.2, -0.15) is 0 Å². The van der Waals surface area contributed by atoms with Crippen molar-refractivity contribution in [2.24, 2.45) is 0 Å². The van der Waals surface area contributed by atoms with E-state index in [9.17, 15) is 9.59 Å². The molecule has 6 heteroatoms. The Bertz CT molecular complexity index is 415. The van der Waals surface area contributed by atoms with Gasteiger partial charge in [-0.3, -0.25) is 14.6 Å². The molecular weight excluding hydrogens is 236 g/mol. The number of carbonyl (C=O) groups is 2. The number of carbonyl (C=O) groups excluding carboxylic acids is 2. The quantitative estimate of drug-likeness (QED) is 0.591. The maximum Gasteiger partial charge on any atom is 0.292 e. The Morgan fingerprint density at radius 3 is 3.00 bits per heavy atom. The molecule has 0 spiro atoms. The van der Waals surface area contributed by atoms with E-state index < -0.39 is 11.7 Å². The predicted molar refractivity (Wildman–Crippen MR) is 62.1 cm³/mol. The maximum atomic E-state index is 11.7. The molecule has 0 unspecified atom stereocenters. The number of nitrogens with zero attached hydrogens (tertiary/aromatic N) is 1. The van der Waals surface area contributed by atoms with Crippen molar-refractivity contribution in [1.29, 1.82) is 0 Å². The second-order valence-electron chi connectivity index (χ2n) is 3.85. The summed E-state index contributed by atoms with van der Waals surface area (Å²) in [5.74, 6) is -1.25. The van der Waals surface area contributed by atoms with Gasteiger partial charge in [0.1, 0.15) is 0 Å². The van der Waals surface area contributed by atoms with E-state index in [0.29, 0.717) is 19.8 Å². The summed E-state index contributed by atoms with van der Waals surface area (Å²) in [6.45, 7) is 1.78. The average molecular weight is 250 g/mol. The van der Waals surface area contributed by atoms with Crippen molar-refractivity contribution >= 4 is 11.7 Å². The Hall–Kier alpha value is -1.79. The molecular formula is C12H14N2O4. The number of nitrogens with one attached hydrogen (secondary N) is 1. The van der Waals surface area contributed by atoms with E-state index >= 15 is 0 Å². The van der Waals surface area contributed by atoms with Crippen molar-refractivity contribution < 1.29 is 19.1 Å². The highest BCUT2D eigenvalue weighted by Crippen LogP contribution is 2.00. The lowest BCUT2D eigenvalue weighted by Gasteiger charge is -2.22. The average Bonchev–Trinajstić information content (AvgIpc) is 2.46. The predicted octanol–water partition coefficient (Wildman–Crippen LogP) is -0.204. The zero-order valence-electron chi connectivity index (χ0n) is 9.80. The number of hydrogen-bond donors (Lipinski definition) is 1. The Morgan fingerprint density at radius 1 is 1.44 bits per heavy atom. The van der Waals surface area contributed by atoms with Gasteiger partial charge in [0.2, 0.25) is 0 Å². The van der Waals surface area contributed by atoms with Gasteiger partial charge in [-0.1, -0.05) is 0 Å². The smallest absolute Gasteiger partial charge is 0.292 e. The molecule has 1 fully saturated rings. The summed E-state index contributed by atoms with van der Waals surface area (Å²) in [5.41, 5.74) is 0.274. The number of hydrogen-bond acceptors (Lipinski definition) is 5. The molecule has 1 N–H and O–H groups in total. The fourth-order valence-electron chi connectivity index (χ4n) is 1.57. The molecule has 0 aromatic carbocycles. The molecule has 1 aromatic rings. The van der Waals surface area contributed by atoms with Gasteiger partial charge in [-0.05, 0) is 12.1 Å². The van der Waals surface area contributed by atoms with Crippen LogP contribution in [0.4, 0.5) is 0 Å². The highest BCUT2D eigenvalue weighted by Gasteiger charge is 2.19. The Morgan fingerprint density at radius 2 is 2.33 bits per heavy atom. The summed E-state index contributed by atoms with van der Waals surface area (Å²) in [7, 11) is 0. The van der Waals surface area contributed by atoms with E-state index in [4.69, 9.17) is 9.47 Å². The number of ether oxygens (including phenoxy) is 2. The molecule has 96 valence electrons. The van der Waals surface area contributed by atoms with Gasteiger partial charge in [0.15, 0.2) is 0 Å². The van der Waals surface area contributed by atoms with E-state index in [0.717, 1.165) is 0 Å². The van der Waals surface area contributed by atoms with Crippen LogP contribution >= 0.6 is 0 Å². The molecule has 1 amide bonds. The third-order valence-corrected chi connectivity index (χ3v) is 2.51. The molecule has 2 rings (SSSR count). The highest BCUT2D eigenvalue weighted by molar-refractivity contribution is 6.42. The van der Waals surface area contributed by atoms with Crippen LogP contribution in [0.1, 0.15) is 10.4 Å². The van der Waals surface area contributed by atoms with Crippen LogP contribution in [-0.2, 0) is 14.3 Å². The summed E-state index contributed by atoms with van der Waals surface area (Å²) in [6.07, 6.45) is 2.72. The summed E-state index contributed by atoms with van der Waals surface area (Å²) in [5, 5.41) is 2.53. The lowest BCUT2D eigenvalue weighted by atomic mass is 10.2. The monoisotopic (exact) mass is 250 g/mol. The number of rotatable bonds is 4. The first kappa shape index (κ1) is 12.7. The van der Waals surface area contributed by atoms with Crippen LogP contribution in [-0.4, -0.2) is 49.1 Å². The molecule has 0 radical (unpaired) electrons. The van der Waals surface area contributed by atoms with Crippen LogP contribution in [0.5, 0.6) is 0 Å². The second-order valence-corrected chi connectivity index (χ2v) is 3.85. The number of amides is 1. The molecule has 0 aliphatic carbocycles. The van der Waals surface area contributed by atoms with Gasteiger partial charge in [-0.25, -0.2) is 0 Å². The molecule has 6 nitrogen and oxygen atoms in total. The van der Waals surface area contributed by atoms with Gasteiger partial charge in [-0.15, -0.1) is 0 Å². The van der Waals surface area contributed by atoms with Crippen molar-refractivity contribution in [3.8, 4) is 0 Å². The molecule has 2 heterocycles. The molecule has 0 saturated carbocycles. The molecule has 1 aliphatic heterocycles. The Labute approximate surface area is 104 Å². The fourth-order valence-corrected chi connectivity index (χ4v) is 1.57. The van der Waals surface area contributed by atoms with E-state index in [1.54, 1.807) is 18.3 Å². The summed E-state index contributed by atoms with van der Waals surface area (Å²) in [6, 6.07) is 3.16. The third-order valence-electron chi connectivity index (χ3n) is 2.51. The van der Waals surface area contributed by atoms with Crippen LogP contribution in [0, 0.1) is 0 Å². The lowest BCUT2D eigenvalue weighted by Crippen LogP contribution is -2.42. The first-order valence-corrected chi connectivity index (χ1v) is 5.69. The minimum atomic E-state index is -0.655.